The predicted molar refractivity (Wildman–Crippen MR) is 98.3 cm³/mol. The molecule has 8 heteroatoms. The van der Waals surface area contributed by atoms with Gasteiger partial charge in [-0.05, 0) is 44.3 Å². The first kappa shape index (κ1) is 17.6. The topological polar surface area (TPSA) is 77.1 Å². The molecule has 4 rings (SSSR count). The average Bonchev–Trinajstić information content (AvgIpc) is 3.26. The van der Waals surface area contributed by atoms with E-state index in [9.17, 15) is 4.79 Å². The van der Waals surface area contributed by atoms with Crippen LogP contribution in [0.1, 0.15) is 53.3 Å². The van der Waals surface area contributed by atoms with Crippen LogP contribution in [0, 0.1) is 5.92 Å². The van der Waals surface area contributed by atoms with Crippen LogP contribution in [-0.2, 0) is 26.3 Å². The Morgan fingerprint density at radius 3 is 2.73 bits per heavy atom. The number of carbonyl (C=O) groups is 1. The minimum atomic E-state index is 0.0404. The first-order chi connectivity index (χ1) is 12.7. The van der Waals surface area contributed by atoms with Gasteiger partial charge in [-0.3, -0.25) is 4.79 Å². The van der Waals surface area contributed by atoms with Gasteiger partial charge in [0.15, 0.2) is 10.9 Å². The third kappa shape index (κ3) is 3.26. The molecule has 0 spiro atoms. The molecule has 1 amide bonds. The summed E-state index contributed by atoms with van der Waals surface area (Å²) < 4.78 is 7.48. The van der Waals surface area contributed by atoms with Crippen LogP contribution in [0.2, 0.25) is 0 Å². The molecule has 1 fully saturated rings. The maximum Gasteiger partial charge on any atom is 0.276 e. The Hall–Kier alpha value is -1.83. The summed E-state index contributed by atoms with van der Waals surface area (Å²) >= 11 is 1.61. The fourth-order valence-corrected chi connectivity index (χ4v) is 4.50. The molecule has 0 N–H and O–H groups in total. The number of aromatic nitrogens is 4. The van der Waals surface area contributed by atoms with Gasteiger partial charge in [-0.15, -0.1) is 10.2 Å². The number of likely N-dealkylation sites (tertiary alicyclic amines) is 1. The Morgan fingerprint density at radius 2 is 2.00 bits per heavy atom. The minimum Gasteiger partial charge on any atom is -0.360 e. The third-order valence-electron chi connectivity index (χ3n) is 5.63. The van der Waals surface area contributed by atoms with Crippen LogP contribution in [0.4, 0.5) is 0 Å². The second-order valence-electron chi connectivity index (χ2n) is 7.24. The molecular weight excluding hydrogens is 350 g/mol. The van der Waals surface area contributed by atoms with Gasteiger partial charge >= 0.3 is 0 Å². The van der Waals surface area contributed by atoms with Crippen molar-refractivity contribution in [3.63, 3.8) is 0 Å². The fourth-order valence-electron chi connectivity index (χ4n) is 4.00. The third-order valence-corrected chi connectivity index (χ3v) is 6.35. The summed E-state index contributed by atoms with van der Waals surface area (Å²) in [5.41, 5.74) is 1.60. The van der Waals surface area contributed by atoms with Crippen LogP contribution in [0.3, 0.4) is 0 Å². The minimum absolute atomic E-state index is 0.0404. The van der Waals surface area contributed by atoms with Crippen molar-refractivity contribution in [2.24, 2.45) is 13.0 Å². The van der Waals surface area contributed by atoms with E-state index in [1.807, 2.05) is 18.2 Å². The molecule has 0 unspecified atom stereocenters. The summed E-state index contributed by atoms with van der Waals surface area (Å²) in [5.74, 6) is 2.53. The van der Waals surface area contributed by atoms with Crippen LogP contribution < -0.4 is 0 Å². The quantitative estimate of drug-likeness (QED) is 0.764. The largest absolute Gasteiger partial charge is 0.360 e. The number of piperidine rings is 1. The first-order valence-corrected chi connectivity index (χ1v) is 10.6. The zero-order valence-electron chi connectivity index (χ0n) is 15.4. The number of carbonyl (C=O) groups excluding carboxylic acids is 1. The van der Waals surface area contributed by atoms with Crippen LogP contribution in [0.15, 0.2) is 9.68 Å². The van der Waals surface area contributed by atoms with Crippen molar-refractivity contribution >= 4 is 17.7 Å². The molecule has 140 valence electrons. The molecular formula is C18H25N5O2S. The van der Waals surface area contributed by atoms with Gasteiger partial charge in [0.1, 0.15) is 11.6 Å². The van der Waals surface area contributed by atoms with E-state index >= 15 is 0 Å². The van der Waals surface area contributed by atoms with Gasteiger partial charge in [0.25, 0.3) is 5.91 Å². The van der Waals surface area contributed by atoms with Crippen molar-refractivity contribution in [1.29, 1.82) is 0 Å². The Morgan fingerprint density at radius 1 is 1.23 bits per heavy atom. The molecule has 1 aliphatic carbocycles. The molecule has 1 saturated heterocycles. The Balaban J connectivity index is 1.36. The van der Waals surface area contributed by atoms with E-state index < -0.39 is 0 Å². The highest BCUT2D eigenvalue weighted by Gasteiger charge is 2.30. The molecule has 3 heterocycles. The number of fused-ring (bicyclic) bond motifs is 1. The van der Waals surface area contributed by atoms with Gasteiger partial charge in [-0.1, -0.05) is 16.9 Å². The van der Waals surface area contributed by atoms with Crippen LogP contribution in [-0.4, -0.2) is 50.1 Å². The number of hydrogen-bond donors (Lipinski definition) is 0. The molecule has 0 aromatic carbocycles. The average molecular weight is 375 g/mol. The number of nitrogens with zero attached hydrogens (tertiary/aromatic N) is 5. The molecule has 0 saturated carbocycles. The van der Waals surface area contributed by atoms with Crippen molar-refractivity contribution < 1.29 is 9.32 Å². The van der Waals surface area contributed by atoms with Crippen molar-refractivity contribution in [3.05, 3.63) is 22.8 Å². The first-order valence-electron chi connectivity index (χ1n) is 9.36. The highest BCUT2D eigenvalue weighted by Crippen LogP contribution is 2.27. The summed E-state index contributed by atoms with van der Waals surface area (Å²) in [7, 11) is 2.02. The SMILES string of the molecule is CSc1nnc(CC2CCN(C(=O)c3noc4c3CCCC4)CC2)n1C. The molecule has 0 atom stereocenters. The second-order valence-corrected chi connectivity index (χ2v) is 8.02. The highest BCUT2D eigenvalue weighted by molar-refractivity contribution is 7.98. The van der Waals surface area contributed by atoms with E-state index in [0.29, 0.717) is 11.6 Å². The van der Waals surface area contributed by atoms with E-state index in [1.165, 1.54) is 0 Å². The van der Waals surface area contributed by atoms with Crippen molar-refractivity contribution in [2.75, 3.05) is 19.3 Å². The number of aryl methyl sites for hydroxylation is 1. The summed E-state index contributed by atoms with van der Waals surface area (Å²) in [6.45, 7) is 1.55. The van der Waals surface area contributed by atoms with Crippen LogP contribution in [0.5, 0.6) is 0 Å². The number of rotatable bonds is 4. The number of hydrogen-bond acceptors (Lipinski definition) is 6. The maximum atomic E-state index is 12.9. The van der Waals surface area contributed by atoms with Crippen LogP contribution in [0.25, 0.3) is 0 Å². The lowest BCUT2D eigenvalue weighted by atomic mass is 9.92. The molecule has 26 heavy (non-hydrogen) atoms. The maximum absolute atomic E-state index is 12.9. The molecule has 2 aliphatic rings. The summed E-state index contributed by atoms with van der Waals surface area (Å²) in [5, 5.41) is 13.6. The van der Waals surface area contributed by atoms with Crippen molar-refractivity contribution in [2.45, 2.75) is 50.1 Å². The van der Waals surface area contributed by atoms with E-state index in [2.05, 4.69) is 19.9 Å². The number of amides is 1. The van der Waals surface area contributed by atoms with Gasteiger partial charge < -0.3 is 14.0 Å². The molecule has 2 aromatic heterocycles. The Bertz CT molecular complexity index is 792. The van der Waals surface area contributed by atoms with Gasteiger partial charge in [0.05, 0.1) is 0 Å². The zero-order valence-corrected chi connectivity index (χ0v) is 16.2. The lowest BCUT2D eigenvalue weighted by Gasteiger charge is -2.31. The summed E-state index contributed by atoms with van der Waals surface area (Å²) in [6, 6.07) is 0. The molecule has 1 aliphatic heterocycles. The Labute approximate surface area is 157 Å². The van der Waals surface area contributed by atoms with Gasteiger partial charge in [-0.2, -0.15) is 0 Å². The van der Waals surface area contributed by atoms with E-state index in [0.717, 1.165) is 80.3 Å². The lowest BCUT2D eigenvalue weighted by Crippen LogP contribution is -2.39. The zero-order chi connectivity index (χ0) is 18.1. The highest BCUT2D eigenvalue weighted by atomic mass is 32.2. The summed E-state index contributed by atoms with van der Waals surface area (Å²) in [6.07, 6.45) is 8.99. The van der Waals surface area contributed by atoms with E-state index in [-0.39, 0.29) is 5.91 Å². The number of thioether (sulfide) groups is 1. The molecule has 0 bridgehead atoms. The van der Waals surface area contributed by atoms with Gasteiger partial charge in [0, 0.05) is 38.5 Å². The second kappa shape index (κ2) is 7.42. The molecule has 2 aromatic rings. The lowest BCUT2D eigenvalue weighted by molar-refractivity contribution is 0.0678. The van der Waals surface area contributed by atoms with Crippen LogP contribution >= 0.6 is 11.8 Å². The standard InChI is InChI=1S/C18H25N5O2S/c1-22-15(19-20-18(22)26-2)11-12-7-9-23(10-8-12)17(24)16-13-5-3-4-6-14(13)25-21-16/h12H,3-11H2,1-2H3. The fraction of sp³-hybridized carbons (Fsp3) is 0.667. The predicted octanol–water partition coefficient (Wildman–Crippen LogP) is 2.50. The van der Waals surface area contributed by atoms with Gasteiger partial charge in [0.2, 0.25) is 0 Å². The summed E-state index contributed by atoms with van der Waals surface area (Å²) in [4.78, 5) is 14.8. The van der Waals surface area contributed by atoms with Gasteiger partial charge in [-0.25, -0.2) is 0 Å². The smallest absolute Gasteiger partial charge is 0.276 e. The van der Waals surface area contributed by atoms with Crippen molar-refractivity contribution in [3.8, 4) is 0 Å². The molecule has 7 nitrogen and oxygen atoms in total. The monoisotopic (exact) mass is 375 g/mol. The normalized spacial score (nSPS) is 18.2. The van der Waals surface area contributed by atoms with Crippen molar-refractivity contribution in [1.82, 2.24) is 24.8 Å². The van der Waals surface area contributed by atoms with E-state index in [1.54, 1.807) is 11.8 Å². The Kier molecular flexibility index (Phi) is 5.02. The molecule has 0 radical (unpaired) electrons. The van der Waals surface area contributed by atoms with E-state index in [4.69, 9.17) is 4.52 Å².